The summed E-state index contributed by atoms with van der Waals surface area (Å²) in [7, 11) is 0. The van der Waals surface area contributed by atoms with Gasteiger partial charge in [-0.25, -0.2) is 0 Å². The van der Waals surface area contributed by atoms with Crippen molar-refractivity contribution < 1.29 is 4.79 Å². The lowest BCUT2D eigenvalue weighted by molar-refractivity contribution is -0.120. The van der Waals surface area contributed by atoms with Crippen LogP contribution >= 0.6 is 0 Å². The molecule has 1 rings (SSSR count). The zero-order valence-electron chi connectivity index (χ0n) is 10.9. The maximum atomic E-state index is 11.1. The normalized spacial score (nSPS) is 11.1. The van der Waals surface area contributed by atoms with Gasteiger partial charge in [0.05, 0.1) is 0 Å². The highest BCUT2D eigenvalue weighted by atomic mass is 16.1. The number of ketones is 1. The van der Waals surface area contributed by atoms with E-state index in [1.165, 1.54) is 5.56 Å². The molecule has 0 fully saturated rings. The molecular weight excluding hydrogens is 210 g/mol. The molecule has 0 amide bonds. The maximum absolute atomic E-state index is 11.1. The number of anilines is 1. The van der Waals surface area contributed by atoms with E-state index in [1.807, 2.05) is 26.0 Å². The van der Waals surface area contributed by atoms with Crippen molar-refractivity contribution >= 4 is 11.5 Å². The summed E-state index contributed by atoms with van der Waals surface area (Å²) in [5.74, 6) is 0.405. The standard InChI is InChI=1S/C13H19NO.C2H2/c1-9(11(3)15)4-6-12-7-5-10(2)13(14)8-12;1-2/h5,7-9H,4,6,14H2,1-3H3;1-2H/t9-;/m0./s1. The van der Waals surface area contributed by atoms with Gasteiger partial charge in [-0.3, -0.25) is 4.79 Å². The second-order valence-corrected chi connectivity index (χ2v) is 4.24. The smallest absolute Gasteiger partial charge is 0.132 e. The third kappa shape index (κ3) is 5.21. The van der Waals surface area contributed by atoms with E-state index in [0.717, 1.165) is 24.1 Å². The Labute approximate surface area is 104 Å². The fourth-order valence-corrected chi connectivity index (χ4v) is 1.43. The lowest BCUT2D eigenvalue weighted by Gasteiger charge is -2.08. The summed E-state index contributed by atoms with van der Waals surface area (Å²) in [5, 5.41) is 0. The molecular formula is C15H21NO. The van der Waals surface area contributed by atoms with E-state index in [0.29, 0.717) is 0 Å². The molecule has 2 nitrogen and oxygen atoms in total. The Morgan fingerprint density at radius 3 is 2.47 bits per heavy atom. The molecule has 1 aromatic carbocycles. The van der Waals surface area contributed by atoms with E-state index in [4.69, 9.17) is 5.73 Å². The van der Waals surface area contributed by atoms with Crippen molar-refractivity contribution in [1.29, 1.82) is 0 Å². The SMILES string of the molecule is C#C.CC(=O)[C@@H](C)CCc1ccc(C)c(N)c1. The number of carbonyl (C=O) groups is 1. The zero-order valence-corrected chi connectivity index (χ0v) is 10.9. The van der Waals surface area contributed by atoms with E-state index >= 15 is 0 Å². The fourth-order valence-electron chi connectivity index (χ4n) is 1.43. The Morgan fingerprint density at radius 2 is 2.00 bits per heavy atom. The molecule has 2 N–H and O–H groups in total. The summed E-state index contributed by atoms with van der Waals surface area (Å²) in [6, 6.07) is 6.11. The number of aryl methyl sites for hydroxylation is 2. The summed E-state index contributed by atoms with van der Waals surface area (Å²) in [6.07, 6.45) is 9.82. The van der Waals surface area contributed by atoms with Crippen molar-refractivity contribution in [1.82, 2.24) is 0 Å². The number of nitrogens with two attached hydrogens (primary N) is 1. The molecule has 0 aliphatic carbocycles. The van der Waals surface area contributed by atoms with Crippen LogP contribution in [0, 0.1) is 25.7 Å². The van der Waals surface area contributed by atoms with E-state index in [-0.39, 0.29) is 11.7 Å². The van der Waals surface area contributed by atoms with Gasteiger partial charge in [0.15, 0.2) is 0 Å². The summed E-state index contributed by atoms with van der Waals surface area (Å²) in [5.41, 5.74) is 8.98. The van der Waals surface area contributed by atoms with Crippen molar-refractivity contribution in [3.05, 3.63) is 29.3 Å². The minimum atomic E-state index is 0.146. The highest BCUT2D eigenvalue weighted by Gasteiger charge is 2.07. The predicted octanol–water partition coefficient (Wildman–Crippen LogP) is 2.98. The Balaban J connectivity index is 0.00000121. The van der Waals surface area contributed by atoms with Gasteiger partial charge in [0.25, 0.3) is 0 Å². The molecule has 1 aromatic rings. The van der Waals surface area contributed by atoms with Gasteiger partial charge in [-0.15, -0.1) is 12.8 Å². The summed E-state index contributed by atoms with van der Waals surface area (Å²) in [6.45, 7) is 5.62. The average molecular weight is 231 g/mol. The van der Waals surface area contributed by atoms with Crippen LogP contribution in [0.5, 0.6) is 0 Å². The first-order valence-electron chi connectivity index (χ1n) is 5.69. The Kier molecular flexibility index (Phi) is 6.74. The monoisotopic (exact) mass is 231 g/mol. The van der Waals surface area contributed by atoms with Crippen LogP contribution in [0.3, 0.4) is 0 Å². The summed E-state index contributed by atoms with van der Waals surface area (Å²) in [4.78, 5) is 11.1. The van der Waals surface area contributed by atoms with Gasteiger partial charge in [0, 0.05) is 11.6 Å². The van der Waals surface area contributed by atoms with Crippen LogP contribution in [0.1, 0.15) is 31.4 Å². The molecule has 0 aliphatic heterocycles. The highest BCUT2D eigenvalue weighted by Crippen LogP contribution is 2.16. The van der Waals surface area contributed by atoms with E-state index in [2.05, 4.69) is 18.9 Å². The maximum Gasteiger partial charge on any atom is 0.132 e. The molecule has 0 aromatic heterocycles. The van der Waals surface area contributed by atoms with Crippen LogP contribution in [0.25, 0.3) is 0 Å². The summed E-state index contributed by atoms with van der Waals surface area (Å²) < 4.78 is 0. The Morgan fingerprint density at radius 1 is 1.41 bits per heavy atom. The van der Waals surface area contributed by atoms with E-state index in [1.54, 1.807) is 6.92 Å². The van der Waals surface area contributed by atoms with Gasteiger partial charge in [-0.2, -0.15) is 0 Å². The van der Waals surface area contributed by atoms with E-state index in [9.17, 15) is 4.79 Å². The zero-order chi connectivity index (χ0) is 13.4. The van der Waals surface area contributed by atoms with Gasteiger partial charge in [-0.1, -0.05) is 19.1 Å². The molecule has 0 bridgehead atoms. The number of Topliss-reactive ketones (excluding diaryl/α,β-unsaturated/α-hetero) is 1. The van der Waals surface area contributed by atoms with Crippen LogP contribution in [0.4, 0.5) is 5.69 Å². The minimum absolute atomic E-state index is 0.146. The number of rotatable bonds is 4. The Hall–Kier alpha value is -1.75. The third-order valence-corrected chi connectivity index (χ3v) is 2.90. The fraction of sp³-hybridized carbons (Fsp3) is 0.400. The molecule has 17 heavy (non-hydrogen) atoms. The molecule has 0 radical (unpaired) electrons. The first kappa shape index (κ1) is 15.2. The number of terminal acetylenes is 1. The largest absolute Gasteiger partial charge is 0.399 e. The number of hydrogen-bond acceptors (Lipinski definition) is 2. The quantitative estimate of drug-likeness (QED) is 0.639. The topological polar surface area (TPSA) is 43.1 Å². The van der Waals surface area contributed by atoms with Gasteiger partial charge in [0.2, 0.25) is 0 Å². The molecule has 0 spiro atoms. The molecule has 0 aliphatic rings. The van der Waals surface area contributed by atoms with Crippen LogP contribution in [0.2, 0.25) is 0 Å². The molecule has 0 unspecified atom stereocenters. The van der Waals surface area contributed by atoms with Crippen molar-refractivity contribution in [2.24, 2.45) is 5.92 Å². The first-order valence-corrected chi connectivity index (χ1v) is 5.69. The molecule has 2 heteroatoms. The lowest BCUT2D eigenvalue weighted by atomic mass is 9.97. The highest BCUT2D eigenvalue weighted by molar-refractivity contribution is 5.77. The van der Waals surface area contributed by atoms with Crippen molar-refractivity contribution in [3.8, 4) is 12.8 Å². The van der Waals surface area contributed by atoms with Gasteiger partial charge in [-0.05, 0) is 43.9 Å². The summed E-state index contributed by atoms with van der Waals surface area (Å²) >= 11 is 0. The molecule has 1 atom stereocenters. The minimum Gasteiger partial charge on any atom is -0.399 e. The van der Waals surface area contributed by atoms with Gasteiger partial charge in [0.1, 0.15) is 5.78 Å². The van der Waals surface area contributed by atoms with Crippen LogP contribution < -0.4 is 5.73 Å². The Bertz CT molecular complexity index is 393. The van der Waals surface area contributed by atoms with Crippen molar-refractivity contribution in [3.63, 3.8) is 0 Å². The van der Waals surface area contributed by atoms with Crippen LogP contribution in [0.15, 0.2) is 18.2 Å². The second kappa shape index (κ2) is 7.51. The van der Waals surface area contributed by atoms with Crippen LogP contribution in [-0.2, 0) is 11.2 Å². The van der Waals surface area contributed by atoms with Gasteiger partial charge >= 0.3 is 0 Å². The number of hydrogen-bond donors (Lipinski definition) is 1. The predicted molar refractivity (Wildman–Crippen MR) is 73.6 cm³/mol. The van der Waals surface area contributed by atoms with E-state index < -0.39 is 0 Å². The third-order valence-electron chi connectivity index (χ3n) is 2.90. The number of carbonyl (C=O) groups excluding carboxylic acids is 1. The molecule has 0 heterocycles. The first-order chi connectivity index (χ1) is 8.00. The average Bonchev–Trinajstić information content (AvgIpc) is 2.32. The second-order valence-electron chi connectivity index (χ2n) is 4.24. The number of nitrogen functional groups attached to an aromatic ring is 1. The lowest BCUT2D eigenvalue weighted by Crippen LogP contribution is -2.07. The molecule has 0 saturated carbocycles. The van der Waals surface area contributed by atoms with Crippen LogP contribution in [-0.4, -0.2) is 5.78 Å². The van der Waals surface area contributed by atoms with Crippen molar-refractivity contribution in [2.45, 2.75) is 33.6 Å². The number of benzene rings is 1. The van der Waals surface area contributed by atoms with Gasteiger partial charge < -0.3 is 5.73 Å². The molecule has 92 valence electrons. The van der Waals surface area contributed by atoms with Crippen molar-refractivity contribution in [2.75, 3.05) is 5.73 Å². The molecule has 0 saturated heterocycles.